The first kappa shape index (κ1) is 11.0. The van der Waals surface area contributed by atoms with E-state index in [0.717, 1.165) is 12.6 Å². The van der Waals surface area contributed by atoms with Crippen molar-refractivity contribution in [2.75, 3.05) is 40.4 Å². The molecule has 1 aliphatic heterocycles. The van der Waals surface area contributed by atoms with Gasteiger partial charge in [0.15, 0.2) is 0 Å². The minimum absolute atomic E-state index is 0.766. The number of nitrogens with one attached hydrogen (secondary N) is 1. The van der Waals surface area contributed by atoms with Gasteiger partial charge in [0.2, 0.25) is 0 Å². The van der Waals surface area contributed by atoms with Crippen molar-refractivity contribution >= 4 is 0 Å². The van der Waals surface area contributed by atoms with E-state index in [2.05, 4.69) is 17.3 Å². The smallest absolute Gasteiger partial charge is 0.0462 e. The molecule has 1 aliphatic rings. The molecule has 1 saturated heterocycles. The first-order valence-corrected chi connectivity index (χ1v) is 5.24. The number of hydrogen-bond acceptors (Lipinski definition) is 3. The molecule has 0 spiro atoms. The van der Waals surface area contributed by atoms with Crippen molar-refractivity contribution in [3.05, 3.63) is 0 Å². The molecule has 1 fully saturated rings. The van der Waals surface area contributed by atoms with Crippen LogP contribution >= 0.6 is 0 Å². The number of rotatable bonds is 6. The van der Waals surface area contributed by atoms with Crippen LogP contribution in [0.1, 0.15) is 19.3 Å². The Morgan fingerprint density at radius 2 is 2.31 bits per heavy atom. The lowest BCUT2D eigenvalue weighted by molar-refractivity contribution is 0.182. The number of methoxy groups -OCH3 is 1. The maximum atomic E-state index is 5.02. The molecule has 0 aromatic heterocycles. The third-order valence-electron chi connectivity index (χ3n) is 2.77. The highest BCUT2D eigenvalue weighted by molar-refractivity contribution is 4.78. The Morgan fingerprint density at radius 3 is 2.92 bits per heavy atom. The molecule has 1 rings (SSSR count). The quantitative estimate of drug-likeness (QED) is 0.618. The van der Waals surface area contributed by atoms with Gasteiger partial charge < -0.3 is 15.0 Å². The van der Waals surface area contributed by atoms with Gasteiger partial charge in [0.1, 0.15) is 0 Å². The molecule has 0 aromatic rings. The Balaban J connectivity index is 1.99. The second kappa shape index (κ2) is 6.35. The maximum Gasteiger partial charge on any atom is 0.0462 e. The summed E-state index contributed by atoms with van der Waals surface area (Å²) in [7, 11) is 4.00. The summed E-state index contributed by atoms with van der Waals surface area (Å²) in [6.07, 6.45) is 3.74. The van der Waals surface area contributed by atoms with Gasteiger partial charge in [0.05, 0.1) is 0 Å². The third-order valence-corrected chi connectivity index (χ3v) is 2.77. The zero-order chi connectivity index (χ0) is 9.52. The van der Waals surface area contributed by atoms with Crippen molar-refractivity contribution in [1.29, 1.82) is 0 Å². The van der Waals surface area contributed by atoms with Gasteiger partial charge in [-0.15, -0.1) is 0 Å². The van der Waals surface area contributed by atoms with Gasteiger partial charge in [-0.3, -0.25) is 0 Å². The van der Waals surface area contributed by atoms with Gasteiger partial charge in [-0.25, -0.2) is 0 Å². The SMILES string of the molecule is COCCCCN(C)[C@@H]1CCNC1. The molecule has 78 valence electrons. The van der Waals surface area contributed by atoms with E-state index >= 15 is 0 Å². The molecule has 0 bridgehead atoms. The molecule has 0 radical (unpaired) electrons. The fourth-order valence-corrected chi connectivity index (χ4v) is 1.81. The largest absolute Gasteiger partial charge is 0.385 e. The Hall–Kier alpha value is -0.120. The molecule has 3 nitrogen and oxygen atoms in total. The van der Waals surface area contributed by atoms with Crippen molar-refractivity contribution in [2.24, 2.45) is 0 Å². The monoisotopic (exact) mass is 186 g/mol. The second-order valence-corrected chi connectivity index (χ2v) is 3.83. The van der Waals surface area contributed by atoms with E-state index in [0.29, 0.717) is 0 Å². The molecule has 13 heavy (non-hydrogen) atoms. The van der Waals surface area contributed by atoms with Crippen LogP contribution in [0.4, 0.5) is 0 Å². The molecule has 0 aliphatic carbocycles. The Kier molecular flexibility index (Phi) is 5.35. The Bertz CT molecular complexity index is 124. The topological polar surface area (TPSA) is 24.5 Å². The van der Waals surface area contributed by atoms with Crippen LogP contribution in [0.25, 0.3) is 0 Å². The fraction of sp³-hybridized carbons (Fsp3) is 1.00. The average molecular weight is 186 g/mol. The molecule has 1 atom stereocenters. The van der Waals surface area contributed by atoms with Crippen LogP contribution in [0.3, 0.4) is 0 Å². The number of unbranched alkanes of at least 4 members (excludes halogenated alkanes) is 1. The zero-order valence-electron chi connectivity index (χ0n) is 8.88. The van der Waals surface area contributed by atoms with Crippen molar-refractivity contribution in [1.82, 2.24) is 10.2 Å². The molecule has 1 N–H and O–H groups in total. The average Bonchev–Trinajstić information content (AvgIpc) is 2.65. The van der Waals surface area contributed by atoms with E-state index in [1.165, 1.54) is 38.9 Å². The highest BCUT2D eigenvalue weighted by Crippen LogP contribution is 2.06. The van der Waals surface area contributed by atoms with Gasteiger partial charge in [-0.2, -0.15) is 0 Å². The summed E-state index contributed by atoms with van der Waals surface area (Å²) in [6.45, 7) is 4.46. The van der Waals surface area contributed by atoms with E-state index in [4.69, 9.17) is 4.74 Å². The minimum Gasteiger partial charge on any atom is -0.385 e. The highest BCUT2D eigenvalue weighted by atomic mass is 16.5. The Labute approximate surface area is 81.4 Å². The van der Waals surface area contributed by atoms with E-state index in [-0.39, 0.29) is 0 Å². The first-order chi connectivity index (χ1) is 6.34. The van der Waals surface area contributed by atoms with Crippen LogP contribution in [0.5, 0.6) is 0 Å². The van der Waals surface area contributed by atoms with Gasteiger partial charge in [0, 0.05) is 26.3 Å². The summed E-state index contributed by atoms with van der Waals surface area (Å²) in [5.74, 6) is 0. The number of hydrogen-bond donors (Lipinski definition) is 1. The van der Waals surface area contributed by atoms with Gasteiger partial charge in [0.25, 0.3) is 0 Å². The molecule has 0 saturated carbocycles. The maximum absolute atomic E-state index is 5.02. The molecular weight excluding hydrogens is 164 g/mol. The summed E-state index contributed by atoms with van der Waals surface area (Å²) >= 11 is 0. The lowest BCUT2D eigenvalue weighted by Gasteiger charge is -2.23. The lowest BCUT2D eigenvalue weighted by Crippen LogP contribution is -2.34. The van der Waals surface area contributed by atoms with Crippen LogP contribution in [-0.2, 0) is 4.74 Å². The highest BCUT2D eigenvalue weighted by Gasteiger charge is 2.17. The lowest BCUT2D eigenvalue weighted by atomic mass is 10.2. The summed E-state index contributed by atoms with van der Waals surface area (Å²) in [5.41, 5.74) is 0. The number of likely N-dealkylation sites (N-methyl/N-ethyl adjacent to an activating group) is 1. The van der Waals surface area contributed by atoms with Crippen LogP contribution in [0.2, 0.25) is 0 Å². The third kappa shape index (κ3) is 4.07. The summed E-state index contributed by atoms with van der Waals surface area (Å²) in [6, 6.07) is 0.766. The fourth-order valence-electron chi connectivity index (χ4n) is 1.81. The van der Waals surface area contributed by atoms with Crippen molar-refractivity contribution < 1.29 is 4.74 Å². The first-order valence-electron chi connectivity index (χ1n) is 5.24. The summed E-state index contributed by atoms with van der Waals surface area (Å²) < 4.78 is 5.02. The predicted molar refractivity (Wildman–Crippen MR) is 55.0 cm³/mol. The predicted octanol–water partition coefficient (Wildman–Crippen LogP) is 0.707. The van der Waals surface area contributed by atoms with E-state index < -0.39 is 0 Å². The van der Waals surface area contributed by atoms with E-state index in [1.54, 1.807) is 7.11 Å². The van der Waals surface area contributed by atoms with Crippen LogP contribution in [0.15, 0.2) is 0 Å². The molecular formula is C10H22N2O. The molecule has 0 aromatic carbocycles. The second-order valence-electron chi connectivity index (χ2n) is 3.83. The van der Waals surface area contributed by atoms with Gasteiger partial charge in [-0.1, -0.05) is 0 Å². The van der Waals surface area contributed by atoms with Gasteiger partial charge >= 0.3 is 0 Å². The minimum atomic E-state index is 0.766. The van der Waals surface area contributed by atoms with Crippen LogP contribution in [-0.4, -0.2) is 51.3 Å². The molecule has 3 heteroatoms. The summed E-state index contributed by atoms with van der Waals surface area (Å²) in [4.78, 5) is 2.47. The molecule has 0 unspecified atom stereocenters. The van der Waals surface area contributed by atoms with Crippen LogP contribution < -0.4 is 5.32 Å². The number of nitrogens with zero attached hydrogens (tertiary/aromatic N) is 1. The number of ether oxygens (including phenoxy) is 1. The zero-order valence-corrected chi connectivity index (χ0v) is 8.88. The van der Waals surface area contributed by atoms with Crippen molar-refractivity contribution in [3.63, 3.8) is 0 Å². The van der Waals surface area contributed by atoms with E-state index in [1.807, 2.05) is 0 Å². The standard InChI is InChI=1S/C10H22N2O/c1-12(7-3-4-8-13-2)10-5-6-11-9-10/h10-11H,3-9H2,1-2H3/t10-/m1/s1. The molecule has 0 amide bonds. The van der Waals surface area contributed by atoms with E-state index in [9.17, 15) is 0 Å². The normalized spacial score (nSPS) is 22.8. The van der Waals surface area contributed by atoms with Crippen molar-refractivity contribution in [2.45, 2.75) is 25.3 Å². The molecule has 1 heterocycles. The summed E-state index contributed by atoms with van der Waals surface area (Å²) in [5, 5.41) is 3.39. The van der Waals surface area contributed by atoms with Crippen LogP contribution in [0, 0.1) is 0 Å². The Morgan fingerprint density at radius 1 is 1.46 bits per heavy atom. The van der Waals surface area contributed by atoms with Crippen molar-refractivity contribution in [3.8, 4) is 0 Å². The van der Waals surface area contributed by atoms with Gasteiger partial charge in [-0.05, 0) is 39.4 Å².